The van der Waals surface area contributed by atoms with Gasteiger partial charge in [0, 0.05) is 0 Å². The van der Waals surface area contributed by atoms with Gasteiger partial charge in [0.05, 0.1) is 18.4 Å². The minimum absolute atomic E-state index is 0.208. The van der Waals surface area contributed by atoms with Crippen LogP contribution in [0.1, 0.15) is 19.4 Å². The molecule has 0 aliphatic heterocycles. The van der Waals surface area contributed by atoms with Crippen molar-refractivity contribution in [3.8, 4) is 5.75 Å². The molecule has 2 N–H and O–H groups in total. The summed E-state index contributed by atoms with van der Waals surface area (Å²) in [6.45, 7) is 6.32. The van der Waals surface area contributed by atoms with Gasteiger partial charge in [-0.3, -0.25) is 9.59 Å². The van der Waals surface area contributed by atoms with E-state index >= 15 is 0 Å². The van der Waals surface area contributed by atoms with Gasteiger partial charge >= 0.3 is 5.97 Å². The monoisotopic (exact) mass is 291 g/mol. The summed E-state index contributed by atoms with van der Waals surface area (Å²) in [5, 5.41) is 11.8. The smallest absolute Gasteiger partial charge is 0.307 e. The molecular weight excluding hydrogens is 270 g/mol. The molecular formula is C16H21NO4. The highest BCUT2D eigenvalue weighted by atomic mass is 16.5. The van der Waals surface area contributed by atoms with Crippen LogP contribution in [0.15, 0.2) is 24.3 Å². The van der Waals surface area contributed by atoms with E-state index in [2.05, 4.69) is 5.32 Å². The van der Waals surface area contributed by atoms with Gasteiger partial charge in [-0.2, -0.15) is 0 Å². The Labute approximate surface area is 124 Å². The van der Waals surface area contributed by atoms with Crippen molar-refractivity contribution in [1.82, 2.24) is 5.32 Å². The van der Waals surface area contributed by atoms with Crippen LogP contribution >= 0.6 is 0 Å². The summed E-state index contributed by atoms with van der Waals surface area (Å²) in [6.07, 6.45) is 0. The molecule has 0 spiro atoms. The molecule has 2 rings (SSSR count). The number of carbonyl (C=O) groups excluding carboxylic acids is 1. The zero-order valence-electron chi connectivity index (χ0n) is 12.6. The van der Waals surface area contributed by atoms with Crippen LogP contribution in [-0.2, 0) is 9.59 Å². The lowest BCUT2D eigenvalue weighted by molar-refractivity contribution is -0.140. The number of carboxylic acid groups (broad SMARTS) is 1. The Kier molecular flexibility index (Phi) is 4.21. The Balaban J connectivity index is 1.75. The van der Waals surface area contributed by atoms with E-state index in [-0.39, 0.29) is 5.91 Å². The second-order valence-electron chi connectivity index (χ2n) is 6.07. The maximum absolute atomic E-state index is 12.0. The van der Waals surface area contributed by atoms with Crippen LogP contribution in [0.25, 0.3) is 0 Å². The molecule has 21 heavy (non-hydrogen) atoms. The molecule has 0 radical (unpaired) electrons. The zero-order valence-corrected chi connectivity index (χ0v) is 12.6. The second kappa shape index (κ2) is 5.76. The van der Waals surface area contributed by atoms with Crippen molar-refractivity contribution in [1.29, 1.82) is 0 Å². The number of rotatable bonds is 6. The molecule has 1 aromatic rings. The Morgan fingerprint density at radius 2 is 2.05 bits per heavy atom. The number of aliphatic carboxylic acids is 1. The lowest BCUT2D eigenvalue weighted by Gasteiger charge is -2.08. The molecule has 0 heterocycles. The Bertz CT molecular complexity index is 553. The first kappa shape index (κ1) is 15.4. The van der Waals surface area contributed by atoms with Gasteiger partial charge in [0.1, 0.15) is 12.4 Å². The fourth-order valence-corrected chi connectivity index (χ4v) is 2.75. The lowest BCUT2D eigenvalue weighted by atomic mass is 10.1. The molecule has 114 valence electrons. The summed E-state index contributed by atoms with van der Waals surface area (Å²) in [7, 11) is 0. The molecule has 1 saturated carbocycles. The average Bonchev–Trinajstić information content (AvgIpc) is 2.98. The average molecular weight is 291 g/mol. The normalized spacial score (nSPS) is 22.4. The van der Waals surface area contributed by atoms with Crippen LogP contribution in [0.5, 0.6) is 5.75 Å². The van der Waals surface area contributed by atoms with Gasteiger partial charge in [0.25, 0.3) is 0 Å². The van der Waals surface area contributed by atoms with E-state index in [1.165, 1.54) is 0 Å². The van der Waals surface area contributed by atoms with Crippen LogP contribution in [0.3, 0.4) is 0 Å². The number of hydrogen-bond acceptors (Lipinski definition) is 3. The summed E-state index contributed by atoms with van der Waals surface area (Å²) >= 11 is 0. The van der Waals surface area contributed by atoms with Crippen LogP contribution in [0, 0.1) is 24.2 Å². The number of carboxylic acids is 1. The van der Waals surface area contributed by atoms with Crippen molar-refractivity contribution in [3.05, 3.63) is 29.8 Å². The molecule has 1 fully saturated rings. The maximum Gasteiger partial charge on any atom is 0.307 e. The molecule has 2 atom stereocenters. The topological polar surface area (TPSA) is 75.6 Å². The summed E-state index contributed by atoms with van der Waals surface area (Å²) in [5.74, 6) is -1.39. The Hall–Kier alpha value is -2.04. The molecule has 5 heteroatoms. The van der Waals surface area contributed by atoms with Crippen molar-refractivity contribution in [3.63, 3.8) is 0 Å². The number of ether oxygens (including phenoxy) is 1. The second-order valence-corrected chi connectivity index (χ2v) is 6.07. The Morgan fingerprint density at radius 3 is 2.62 bits per heavy atom. The number of carbonyl (C=O) groups is 2. The molecule has 0 unspecified atom stereocenters. The predicted octanol–water partition coefficient (Wildman–Crippen LogP) is 1.85. The fourth-order valence-electron chi connectivity index (χ4n) is 2.75. The number of nitrogens with one attached hydrogen (secondary N) is 1. The molecule has 5 nitrogen and oxygen atoms in total. The van der Waals surface area contributed by atoms with Crippen molar-refractivity contribution in [2.24, 2.45) is 17.3 Å². The van der Waals surface area contributed by atoms with Gasteiger partial charge in [0.15, 0.2) is 0 Å². The van der Waals surface area contributed by atoms with E-state index in [0.717, 1.165) is 11.3 Å². The third-order valence-electron chi connectivity index (χ3n) is 4.04. The molecule has 1 amide bonds. The molecule has 0 saturated heterocycles. The van der Waals surface area contributed by atoms with Crippen LogP contribution < -0.4 is 10.1 Å². The van der Waals surface area contributed by atoms with Gasteiger partial charge in [0.2, 0.25) is 5.91 Å². The van der Waals surface area contributed by atoms with Gasteiger partial charge in [-0.25, -0.2) is 0 Å². The van der Waals surface area contributed by atoms with E-state index in [4.69, 9.17) is 9.84 Å². The van der Waals surface area contributed by atoms with Crippen molar-refractivity contribution in [2.45, 2.75) is 20.8 Å². The maximum atomic E-state index is 12.0. The summed E-state index contributed by atoms with van der Waals surface area (Å²) in [6, 6.07) is 7.68. The van der Waals surface area contributed by atoms with Crippen LogP contribution in [0.4, 0.5) is 0 Å². The number of hydrogen-bond donors (Lipinski definition) is 2. The third kappa shape index (κ3) is 3.35. The van der Waals surface area contributed by atoms with Gasteiger partial charge < -0.3 is 15.2 Å². The predicted molar refractivity (Wildman–Crippen MR) is 78.1 cm³/mol. The van der Waals surface area contributed by atoms with E-state index in [1.54, 1.807) is 13.8 Å². The zero-order chi connectivity index (χ0) is 15.6. The summed E-state index contributed by atoms with van der Waals surface area (Å²) < 4.78 is 5.53. The quantitative estimate of drug-likeness (QED) is 0.784. The van der Waals surface area contributed by atoms with Crippen molar-refractivity contribution >= 4 is 11.9 Å². The van der Waals surface area contributed by atoms with Crippen LogP contribution in [-0.4, -0.2) is 30.1 Å². The number of amides is 1. The standard InChI is InChI=1S/C16H21NO4/c1-10-5-4-6-11(9-10)21-8-7-17-14(18)12-13(15(19)20)16(12,2)3/h4-6,9,12-13H,7-8H2,1-3H3,(H,17,18)(H,19,20)/t12-,13+/m1/s1. The van der Waals surface area contributed by atoms with Crippen molar-refractivity contribution < 1.29 is 19.4 Å². The molecule has 0 bridgehead atoms. The SMILES string of the molecule is Cc1cccc(OCCNC(=O)[C@H]2[C@@H](C(=O)O)C2(C)C)c1. The molecule has 1 aliphatic rings. The highest BCUT2D eigenvalue weighted by Crippen LogP contribution is 2.58. The molecule has 1 aliphatic carbocycles. The highest BCUT2D eigenvalue weighted by molar-refractivity contribution is 5.91. The molecule has 0 aromatic heterocycles. The summed E-state index contributed by atoms with van der Waals surface area (Å²) in [5.41, 5.74) is 0.647. The summed E-state index contributed by atoms with van der Waals surface area (Å²) in [4.78, 5) is 23.0. The van der Waals surface area contributed by atoms with Gasteiger partial charge in [-0.15, -0.1) is 0 Å². The minimum atomic E-state index is -0.906. The molecule has 1 aromatic carbocycles. The third-order valence-corrected chi connectivity index (χ3v) is 4.04. The minimum Gasteiger partial charge on any atom is -0.492 e. The van der Waals surface area contributed by atoms with E-state index in [9.17, 15) is 9.59 Å². The largest absolute Gasteiger partial charge is 0.492 e. The lowest BCUT2D eigenvalue weighted by Crippen LogP contribution is -2.31. The first-order chi connectivity index (χ1) is 9.84. The first-order valence-electron chi connectivity index (χ1n) is 7.04. The first-order valence-corrected chi connectivity index (χ1v) is 7.04. The van der Waals surface area contributed by atoms with E-state index in [0.29, 0.717) is 13.2 Å². The van der Waals surface area contributed by atoms with E-state index < -0.39 is 23.2 Å². The number of benzene rings is 1. The Morgan fingerprint density at radius 1 is 1.33 bits per heavy atom. The number of aryl methyl sites for hydroxylation is 1. The fraction of sp³-hybridized carbons (Fsp3) is 0.500. The van der Waals surface area contributed by atoms with Gasteiger partial charge in [-0.05, 0) is 30.0 Å². The van der Waals surface area contributed by atoms with Gasteiger partial charge in [-0.1, -0.05) is 26.0 Å². The highest BCUT2D eigenvalue weighted by Gasteiger charge is 2.65. The van der Waals surface area contributed by atoms with Crippen molar-refractivity contribution in [2.75, 3.05) is 13.2 Å². The van der Waals surface area contributed by atoms with Crippen LogP contribution in [0.2, 0.25) is 0 Å². The van der Waals surface area contributed by atoms with E-state index in [1.807, 2.05) is 31.2 Å².